The van der Waals surface area contributed by atoms with Gasteiger partial charge in [0.25, 0.3) is 0 Å². The lowest BCUT2D eigenvalue weighted by Gasteiger charge is -2.36. The summed E-state index contributed by atoms with van der Waals surface area (Å²) in [6.45, 7) is 2.98. The molecule has 3 rings (SSSR count). The van der Waals surface area contributed by atoms with Crippen molar-refractivity contribution < 1.29 is 9.47 Å². The molecule has 0 aliphatic carbocycles. The maximum absolute atomic E-state index is 6.96. The molecular weight excluding hydrogens is 519 g/mol. The number of anilines is 1. The third kappa shape index (κ3) is 9.81. The predicted molar refractivity (Wildman–Crippen MR) is 173 cm³/mol. The molecule has 212 valence electrons. The molecule has 0 aliphatic rings. The molecule has 0 spiro atoms. The van der Waals surface area contributed by atoms with Gasteiger partial charge in [-0.1, -0.05) is 122 Å². The molecule has 0 bridgehead atoms. The summed E-state index contributed by atoms with van der Waals surface area (Å²) in [4.78, 5) is 0. The van der Waals surface area contributed by atoms with Gasteiger partial charge in [-0.05, 0) is 60.2 Å². The summed E-state index contributed by atoms with van der Waals surface area (Å²) in [6, 6.07) is 27.6. The van der Waals surface area contributed by atoms with Crippen LogP contribution in [0, 0.1) is 0 Å². The molecule has 1 unspecified atom stereocenters. The Labute approximate surface area is 245 Å². The Morgan fingerprint density at radius 1 is 0.641 bits per heavy atom. The van der Waals surface area contributed by atoms with E-state index in [0.29, 0.717) is 6.61 Å². The summed E-state index contributed by atoms with van der Waals surface area (Å²) >= 11 is 0. The van der Waals surface area contributed by atoms with Crippen LogP contribution in [0.1, 0.15) is 81.4 Å². The van der Waals surface area contributed by atoms with E-state index in [4.69, 9.17) is 9.47 Å². The predicted octanol–water partition coefficient (Wildman–Crippen LogP) is 9.96. The third-order valence-electron chi connectivity index (χ3n) is 7.11. The summed E-state index contributed by atoms with van der Waals surface area (Å²) in [5, 5.41) is 3.24. The lowest BCUT2D eigenvalue weighted by molar-refractivity contribution is 0.0106. The molecule has 0 aromatic heterocycles. The van der Waals surface area contributed by atoms with Gasteiger partial charge in [0.15, 0.2) is 0 Å². The third-order valence-corrected chi connectivity index (χ3v) is 9.69. The minimum atomic E-state index is -0.691. The number of benzene rings is 3. The number of rotatable bonds is 20. The maximum atomic E-state index is 6.96. The summed E-state index contributed by atoms with van der Waals surface area (Å²) in [5.41, 5.74) is 3.76. The van der Waals surface area contributed by atoms with E-state index in [1.165, 1.54) is 62.9 Å². The van der Waals surface area contributed by atoms with E-state index >= 15 is 0 Å². The van der Waals surface area contributed by atoms with Crippen LogP contribution >= 0.6 is 21.6 Å². The van der Waals surface area contributed by atoms with E-state index in [-0.39, 0.29) is 0 Å². The minimum absolute atomic E-state index is 0.691. The first-order valence-corrected chi connectivity index (χ1v) is 17.1. The first-order chi connectivity index (χ1) is 19.2. The summed E-state index contributed by atoms with van der Waals surface area (Å²) in [7, 11) is 7.77. The van der Waals surface area contributed by atoms with Crippen molar-refractivity contribution in [3.05, 3.63) is 95.6 Å². The van der Waals surface area contributed by atoms with Gasteiger partial charge in [0.2, 0.25) is 0 Å². The van der Waals surface area contributed by atoms with E-state index in [1.54, 1.807) is 7.11 Å². The lowest BCUT2D eigenvalue weighted by Crippen LogP contribution is -2.33. The SMILES string of the molecule is CCCCCCCSSCCCCCCOC(c1ccccc1)(c1ccc(NC)cc1)c1ccc(OC)cc1. The van der Waals surface area contributed by atoms with Crippen LogP contribution in [-0.4, -0.2) is 32.3 Å². The number of hydrogen-bond donors (Lipinski definition) is 1. The molecule has 1 atom stereocenters. The van der Waals surface area contributed by atoms with Gasteiger partial charge in [-0.2, -0.15) is 0 Å². The van der Waals surface area contributed by atoms with Gasteiger partial charge in [0.1, 0.15) is 11.4 Å². The van der Waals surface area contributed by atoms with Crippen molar-refractivity contribution in [2.24, 2.45) is 0 Å². The van der Waals surface area contributed by atoms with Gasteiger partial charge < -0.3 is 14.8 Å². The van der Waals surface area contributed by atoms with Crippen LogP contribution in [0.15, 0.2) is 78.9 Å². The van der Waals surface area contributed by atoms with E-state index in [2.05, 4.69) is 101 Å². The van der Waals surface area contributed by atoms with Crippen LogP contribution in [0.2, 0.25) is 0 Å². The van der Waals surface area contributed by atoms with Gasteiger partial charge in [-0.25, -0.2) is 0 Å². The standard InChI is InChI=1S/C34H47NO2S2/c1-4-5-6-8-14-27-38-39-28-15-9-7-13-26-37-34(29-16-11-10-12-17-29,30-18-22-32(35-2)23-19-30)31-20-24-33(36-3)25-21-31/h10-12,16-25,35H,4-9,13-15,26-28H2,1-3H3. The highest BCUT2D eigenvalue weighted by Gasteiger charge is 2.37. The first kappa shape index (κ1) is 31.4. The van der Waals surface area contributed by atoms with E-state index in [9.17, 15) is 0 Å². The summed E-state index contributed by atoms with van der Waals surface area (Å²) < 4.78 is 12.4. The molecule has 0 amide bonds. The van der Waals surface area contributed by atoms with Gasteiger partial charge in [0.05, 0.1) is 7.11 Å². The highest BCUT2D eigenvalue weighted by molar-refractivity contribution is 8.76. The van der Waals surface area contributed by atoms with Crippen molar-refractivity contribution in [2.45, 2.75) is 70.3 Å². The monoisotopic (exact) mass is 565 g/mol. The van der Waals surface area contributed by atoms with Gasteiger partial charge in [-0.3, -0.25) is 0 Å². The Hall–Kier alpha value is -2.08. The van der Waals surface area contributed by atoms with Gasteiger partial charge in [0, 0.05) is 30.8 Å². The average Bonchev–Trinajstić information content (AvgIpc) is 3.00. The normalized spacial score (nSPS) is 12.7. The molecule has 0 heterocycles. The molecule has 1 N–H and O–H groups in total. The second-order valence-electron chi connectivity index (χ2n) is 9.92. The number of unbranched alkanes of at least 4 members (excludes halogenated alkanes) is 7. The largest absolute Gasteiger partial charge is 0.497 e. The topological polar surface area (TPSA) is 30.5 Å². The second kappa shape index (κ2) is 18.3. The fourth-order valence-corrected chi connectivity index (χ4v) is 7.14. The highest BCUT2D eigenvalue weighted by Crippen LogP contribution is 2.41. The molecule has 5 heteroatoms. The maximum Gasteiger partial charge on any atom is 0.143 e. The van der Waals surface area contributed by atoms with Crippen molar-refractivity contribution in [2.75, 3.05) is 37.6 Å². The molecule has 0 radical (unpaired) electrons. The average molecular weight is 566 g/mol. The molecule has 3 aromatic rings. The van der Waals surface area contributed by atoms with Crippen LogP contribution in [0.5, 0.6) is 5.75 Å². The molecule has 0 aliphatic heterocycles. The Bertz CT molecular complexity index is 978. The number of nitrogens with one attached hydrogen (secondary N) is 1. The van der Waals surface area contributed by atoms with Gasteiger partial charge >= 0.3 is 0 Å². The molecule has 3 aromatic carbocycles. The quantitative estimate of drug-likeness (QED) is 0.0837. The number of ether oxygens (including phenoxy) is 2. The molecule has 39 heavy (non-hydrogen) atoms. The summed E-state index contributed by atoms with van der Waals surface area (Å²) in [5.74, 6) is 3.39. The zero-order chi connectivity index (χ0) is 27.6. The van der Waals surface area contributed by atoms with Gasteiger partial charge in [-0.15, -0.1) is 0 Å². The Kier molecular flexibility index (Phi) is 14.8. The molecule has 0 saturated heterocycles. The van der Waals surface area contributed by atoms with E-state index in [0.717, 1.165) is 34.5 Å². The molecule has 3 nitrogen and oxygen atoms in total. The smallest absolute Gasteiger partial charge is 0.143 e. The molecular formula is C34H47NO2S2. The molecule has 0 fully saturated rings. The Morgan fingerprint density at radius 2 is 1.18 bits per heavy atom. The lowest BCUT2D eigenvalue weighted by atomic mass is 9.80. The van der Waals surface area contributed by atoms with Crippen molar-refractivity contribution in [3.8, 4) is 5.75 Å². The number of methoxy groups -OCH3 is 1. The van der Waals surface area contributed by atoms with Crippen LogP contribution in [0.3, 0.4) is 0 Å². The van der Waals surface area contributed by atoms with Crippen LogP contribution < -0.4 is 10.1 Å². The second-order valence-corrected chi connectivity index (χ2v) is 12.6. The number of hydrogen-bond acceptors (Lipinski definition) is 5. The zero-order valence-electron chi connectivity index (χ0n) is 24.1. The van der Waals surface area contributed by atoms with Crippen molar-refractivity contribution >= 4 is 27.3 Å². The fraction of sp³-hybridized carbons (Fsp3) is 0.471. The van der Waals surface area contributed by atoms with Crippen LogP contribution in [0.4, 0.5) is 5.69 Å². The van der Waals surface area contributed by atoms with Crippen LogP contribution in [0.25, 0.3) is 0 Å². The van der Waals surface area contributed by atoms with Crippen LogP contribution in [-0.2, 0) is 10.3 Å². The summed E-state index contributed by atoms with van der Waals surface area (Å²) in [6.07, 6.45) is 11.6. The highest BCUT2D eigenvalue weighted by atomic mass is 33.1. The Balaban J connectivity index is 1.61. The van der Waals surface area contributed by atoms with Crippen molar-refractivity contribution in [3.63, 3.8) is 0 Å². The fourth-order valence-electron chi connectivity index (χ4n) is 4.84. The molecule has 0 saturated carbocycles. The zero-order valence-corrected chi connectivity index (χ0v) is 25.8. The van der Waals surface area contributed by atoms with E-state index < -0.39 is 5.60 Å². The van der Waals surface area contributed by atoms with E-state index in [1.807, 2.05) is 19.2 Å². The first-order valence-electron chi connectivity index (χ1n) is 14.6. The van der Waals surface area contributed by atoms with Crippen molar-refractivity contribution in [1.29, 1.82) is 0 Å². The Morgan fingerprint density at radius 3 is 1.74 bits per heavy atom. The van der Waals surface area contributed by atoms with Crippen molar-refractivity contribution in [1.82, 2.24) is 0 Å². The minimum Gasteiger partial charge on any atom is -0.497 e.